The highest BCUT2D eigenvalue weighted by Crippen LogP contribution is 2.20. The van der Waals surface area contributed by atoms with Crippen molar-refractivity contribution in [3.63, 3.8) is 0 Å². The fraction of sp³-hybridized carbons (Fsp3) is 0.300. The molecule has 0 radical (unpaired) electrons. The van der Waals surface area contributed by atoms with Crippen molar-refractivity contribution in [2.45, 2.75) is 32.7 Å². The number of fused-ring (bicyclic) bond motifs is 1. The minimum atomic E-state index is -0.162. The molecule has 1 unspecified atom stereocenters. The number of H-pyrrole nitrogens is 1. The fourth-order valence-corrected chi connectivity index (χ4v) is 2.82. The first kappa shape index (κ1) is 17.0. The van der Waals surface area contributed by atoms with Crippen molar-refractivity contribution in [3.8, 4) is 5.75 Å². The van der Waals surface area contributed by atoms with E-state index in [2.05, 4.69) is 22.2 Å². The molecule has 1 aromatic heterocycles. The number of rotatable bonds is 7. The van der Waals surface area contributed by atoms with E-state index in [1.54, 1.807) is 0 Å². The Morgan fingerprint density at radius 2 is 1.92 bits per heavy atom. The van der Waals surface area contributed by atoms with Gasteiger partial charge in [0.05, 0.1) is 17.1 Å². The summed E-state index contributed by atoms with van der Waals surface area (Å²) in [4.78, 5) is 20.1. The quantitative estimate of drug-likeness (QED) is 0.689. The Morgan fingerprint density at radius 1 is 1.16 bits per heavy atom. The Morgan fingerprint density at radius 3 is 2.68 bits per heavy atom. The molecule has 25 heavy (non-hydrogen) atoms. The second-order valence-corrected chi connectivity index (χ2v) is 5.92. The van der Waals surface area contributed by atoms with Crippen LogP contribution in [0.1, 0.15) is 37.7 Å². The van der Waals surface area contributed by atoms with Gasteiger partial charge in [-0.05, 0) is 36.6 Å². The maximum Gasteiger partial charge on any atom is 0.258 e. The number of ether oxygens (including phenoxy) is 1. The minimum absolute atomic E-state index is 0.00621. The molecule has 5 nitrogen and oxygen atoms in total. The molecule has 3 aromatic rings. The normalized spacial score (nSPS) is 12.1. The lowest BCUT2D eigenvalue weighted by molar-refractivity contribution is -0.123. The summed E-state index contributed by atoms with van der Waals surface area (Å²) in [5.41, 5.74) is 2.97. The van der Waals surface area contributed by atoms with Crippen LogP contribution >= 0.6 is 0 Å². The van der Waals surface area contributed by atoms with Crippen molar-refractivity contribution in [2.75, 3.05) is 6.61 Å². The molecule has 0 aliphatic carbocycles. The van der Waals surface area contributed by atoms with E-state index in [4.69, 9.17) is 4.74 Å². The van der Waals surface area contributed by atoms with Gasteiger partial charge in [0.25, 0.3) is 5.91 Å². The molecule has 1 heterocycles. The zero-order valence-electron chi connectivity index (χ0n) is 14.6. The van der Waals surface area contributed by atoms with Crippen molar-refractivity contribution >= 4 is 16.9 Å². The van der Waals surface area contributed by atoms with Gasteiger partial charge < -0.3 is 15.0 Å². The minimum Gasteiger partial charge on any atom is -0.483 e. The molecular weight excluding hydrogens is 314 g/mol. The SMILES string of the molecule is CCc1ccccc1OCC(=O)NC(CC)c1nc2ccccc2[nH]1. The summed E-state index contributed by atoms with van der Waals surface area (Å²) >= 11 is 0. The van der Waals surface area contributed by atoms with Gasteiger partial charge in [0.15, 0.2) is 6.61 Å². The number of benzene rings is 2. The molecule has 0 bridgehead atoms. The smallest absolute Gasteiger partial charge is 0.258 e. The average Bonchev–Trinajstić information content (AvgIpc) is 3.08. The molecule has 2 N–H and O–H groups in total. The standard InChI is InChI=1S/C20H23N3O2/c1-3-14-9-5-8-12-18(14)25-13-19(24)21-15(4-2)20-22-16-10-6-7-11-17(16)23-20/h5-12,15H,3-4,13H2,1-2H3,(H,21,24)(H,22,23). The third-order valence-corrected chi connectivity index (χ3v) is 4.19. The number of carbonyl (C=O) groups excluding carboxylic acids is 1. The molecule has 0 saturated carbocycles. The summed E-state index contributed by atoms with van der Waals surface area (Å²) in [6.07, 6.45) is 1.62. The highest BCUT2D eigenvalue weighted by atomic mass is 16.5. The molecule has 0 aliphatic heterocycles. The summed E-state index contributed by atoms with van der Waals surface area (Å²) in [5, 5.41) is 2.99. The summed E-state index contributed by atoms with van der Waals surface area (Å²) in [7, 11) is 0. The van der Waals surface area contributed by atoms with Crippen LogP contribution in [0.3, 0.4) is 0 Å². The van der Waals surface area contributed by atoms with Crippen molar-refractivity contribution < 1.29 is 9.53 Å². The van der Waals surface area contributed by atoms with Crippen LogP contribution in [0, 0.1) is 0 Å². The van der Waals surface area contributed by atoms with E-state index in [1.807, 2.05) is 55.5 Å². The molecule has 0 spiro atoms. The van der Waals surface area contributed by atoms with Crippen molar-refractivity contribution in [1.29, 1.82) is 0 Å². The van der Waals surface area contributed by atoms with E-state index in [0.29, 0.717) is 0 Å². The molecular formula is C20H23N3O2. The molecule has 130 valence electrons. The Kier molecular flexibility index (Phi) is 5.33. The Bertz CT molecular complexity index is 824. The number of para-hydroxylation sites is 3. The Balaban J connectivity index is 1.64. The predicted octanol–water partition coefficient (Wildman–Crippen LogP) is 3.77. The lowest BCUT2D eigenvalue weighted by atomic mass is 10.1. The number of aryl methyl sites for hydroxylation is 1. The number of aromatic nitrogens is 2. The molecule has 0 fully saturated rings. The fourth-order valence-electron chi connectivity index (χ4n) is 2.82. The largest absolute Gasteiger partial charge is 0.483 e. The van der Waals surface area contributed by atoms with Gasteiger partial charge in [-0.3, -0.25) is 4.79 Å². The van der Waals surface area contributed by atoms with E-state index in [1.165, 1.54) is 0 Å². The molecule has 1 amide bonds. The van der Waals surface area contributed by atoms with Crippen LogP contribution in [-0.4, -0.2) is 22.5 Å². The molecule has 0 saturated heterocycles. The lowest BCUT2D eigenvalue weighted by Crippen LogP contribution is -2.33. The highest BCUT2D eigenvalue weighted by Gasteiger charge is 2.17. The van der Waals surface area contributed by atoms with E-state index in [0.717, 1.165) is 41.0 Å². The third kappa shape index (κ3) is 3.99. The summed E-state index contributed by atoms with van der Waals surface area (Å²) in [6.45, 7) is 4.08. The van der Waals surface area contributed by atoms with Gasteiger partial charge in [0, 0.05) is 0 Å². The number of nitrogens with one attached hydrogen (secondary N) is 2. The number of carbonyl (C=O) groups is 1. The van der Waals surface area contributed by atoms with Gasteiger partial charge in [0.2, 0.25) is 0 Å². The van der Waals surface area contributed by atoms with Gasteiger partial charge in [-0.1, -0.05) is 44.2 Å². The van der Waals surface area contributed by atoms with Gasteiger partial charge in [-0.25, -0.2) is 4.98 Å². The van der Waals surface area contributed by atoms with Crippen molar-refractivity contribution in [3.05, 3.63) is 59.9 Å². The first-order valence-corrected chi connectivity index (χ1v) is 8.66. The number of nitrogens with zero attached hydrogens (tertiary/aromatic N) is 1. The van der Waals surface area contributed by atoms with Gasteiger partial charge >= 0.3 is 0 Å². The van der Waals surface area contributed by atoms with Crippen LogP contribution in [0.5, 0.6) is 5.75 Å². The molecule has 0 aliphatic rings. The zero-order chi connectivity index (χ0) is 17.6. The Hall–Kier alpha value is -2.82. The van der Waals surface area contributed by atoms with Crippen molar-refractivity contribution in [2.24, 2.45) is 0 Å². The van der Waals surface area contributed by atoms with E-state index < -0.39 is 0 Å². The second-order valence-electron chi connectivity index (χ2n) is 5.92. The van der Waals surface area contributed by atoms with Crippen LogP contribution in [0.4, 0.5) is 0 Å². The predicted molar refractivity (Wildman–Crippen MR) is 98.6 cm³/mol. The van der Waals surface area contributed by atoms with Gasteiger partial charge in [-0.15, -0.1) is 0 Å². The summed E-state index contributed by atoms with van der Waals surface area (Å²) in [6, 6.07) is 15.5. The first-order chi connectivity index (χ1) is 12.2. The second kappa shape index (κ2) is 7.83. The number of hydrogen-bond donors (Lipinski definition) is 2. The van der Waals surface area contributed by atoms with Crippen LogP contribution < -0.4 is 10.1 Å². The molecule has 1 atom stereocenters. The number of imidazole rings is 1. The van der Waals surface area contributed by atoms with Crippen LogP contribution in [0.25, 0.3) is 11.0 Å². The van der Waals surface area contributed by atoms with Crippen molar-refractivity contribution in [1.82, 2.24) is 15.3 Å². The average molecular weight is 337 g/mol. The molecule has 5 heteroatoms. The maximum absolute atomic E-state index is 12.3. The van der Waals surface area contributed by atoms with E-state index in [9.17, 15) is 4.79 Å². The number of amides is 1. The molecule has 3 rings (SSSR count). The van der Waals surface area contributed by atoms with Crippen LogP contribution in [-0.2, 0) is 11.2 Å². The van der Waals surface area contributed by atoms with Gasteiger partial charge in [0.1, 0.15) is 11.6 Å². The number of aromatic amines is 1. The van der Waals surface area contributed by atoms with E-state index >= 15 is 0 Å². The topological polar surface area (TPSA) is 67.0 Å². The lowest BCUT2D eigenvalue weighted by Gasteiger charge is -2.15. The Labute approximate surface area is 147 Å². The maximum atomic E-state index is 12.3. The van der Waals surface area contributed by atoms with Crippen LogP contribution in [0.2, 0.25) is 0 Å². The highest BCUT2D eigenvalue weighted by molar-refractivity contribution is 5.78. The molecule has 2 aromatic carbocycles. The zero-order valence-corrected chi connectivity index (χ0v) is 14.6. The summed E-state index contributed by atoms with van der Waals surface area (Å²) in [5.74, 6) is 1.38. The van der Waals surface area contributed by atoms with Gasteiger partial charge in [-0.2, -0.15) is 0 Å². The monoisotopic (exact) mass is 337 g/mol. The third-order valence-electron chi connectivity index (χ3n) is 4.19. The van der Waals surface area contributed by atoms with Crippen LogP contribution in [0.15, 0.2) is 48.5 Å². The number of hydrogen-bond acceptors (Lipinski definition) is 3. The summed E-state index contributed by atoms with van der Waals surface area (Å²) < 4.78 is 5.69. The van der Waals surface area contributed by atoms with E-state index in [-0.39, 0.29) is 18.6 Å². The first-order valence-electron chi connectivity index (χ1n) is 8.66.